The van der Waals surface area contributed by atoms with E-state index in [0.29, 0.717) is 0 Å². The Morgan fingerprint density at radius 1 is 1.25 bits per heavy atom. The molecule has 1 aromatic heterocycles. The fourth-order valence-electron chi connectivity index (χ4n) is 1.42. The van der Waals surface area contributed by atoms with Gasteiger partial charge >= 0.3 is 0 Å². The van der Waals surface area contributed by atoms with Crippen LogP contribution in [-0.4, -0.2) is 4.57 Å². The normalized spacial score (nSPS) is 10.9. The van der Waals surface area contributed by atoms with E-state index in [9.17, 15) is 0 Å². The molecule has 1 nitrogen and oxygen atoms in total. The number of halogens is 1. The van der Waals surface area contributed by atoms with E-state index < -0.39 is 0 Å². The van der Waals surface area contributed by atoms with Crippen LogP contribution < -0.4 is 0 Å². The van der Waals surface area contributed by atoms with E-state index >= 15 is 0 Å². The SMILES string of the molecule is Cc1ccc2c(ccn2C)c1Cl. The van der Waals surface area contributed by atoms with Crippen molar-refractivity contribution in [3.8, 4) is 0 Å². The number of nitrogens with zero attached hydrogens (tertiary/aromatic N) is 1. The molecular weight excluding hydrogens is 170 g/mol. The smallest absolute Gasteiger partial charge is 0.0529 e. The van der Waals surface area contributed by atoms with Crippen LogP contribution in [0, 0.1) is 6.92 Å². The molecule has 2 rings (SSSR count). The molecule has 2 heteroatoms. The molecule has 1 aromatic carbocycles. The van der Waals surface area contributed by atoms with Crippen LogP contribution >= 0.6 is 11.6 Å². The molecular formula is C10H10ClN. The van der Waals surface area contributed by atoms with Gasteiger partial charge in [0.2, 0.25) is 0 Å². The monoisotopic (exact) mass is 179 g/mol. The van der Waals surface area contributed by atoms with E-state index in [1.807, 2.05) is 32.3 Å². The number of hydrogen-bond acceptors (Lipinski definition) is 0. The van der Waals surface area contributed by atoms with Crippen LogP contribution in [0.5, 0.6) is 0 Å². The highest BCUT2D eigenvalue weighted by Gasteiger charge is 2.03. The first-order valence-corrected chi connectivity index (χ1v) is 4.28. The molecule has 2 aromatic rings. The third-order valence-electron chi connectivity index (χ3n) is 2.19. The van der Waals surface area contributed by atoms with Gasteiger partial charge in [0.05, 0.1) is 5.02 Å². The van der Waals surface area contributed by atoms with Gasteiger partial charge in [0, 0.05) is 24.1 Å². The van der Waals surface area contributed by atoms with E-state index in [-0.39, 0.29) is 0 Å². The van der Waals surface area contributed by atoms with E-state index in [4.69, 9.17) is 11.6 Å². The Balaban J connectivity index is 2.93. The van der Waals surface area contributed by atoms with Crippen LogP contribution in [0.2, 0.25) is 5.02 Å². The van der Waals surface area contributed by atoms with E-state index in [1.165, 1.54) is 5.52 Å². The number of benzene rings is 1. The van der Waals surface area contributed by atoms with Crippen LogP contribution in [0.3, 0.4) is 0 Å². The van der Waals surface area contributed by atoms with Crippen molar-refractivity contribution in [3.05, 3.63) is 35.0 Å². The molecule has 0 amide bonds. The lowest BCUT2D eigenvalue weighted by Gasteiger charge is -2.00. The first-order chi connectivity index (χ1) is 5.70. The van der Waals surface area contributed by atoms with Crippen LogP contribution in [0.15, 0.2) is 24.4 Å². The first-order valence-electron chi connectivity index (χ1n) is 3.90. The molecule has 12 heavy (non-hydrogen) atoms. The molecule has 1 heterocycles. The summed E-state index contributed by atoms with van der Waals surface area (Å²) in [7, 11) is 2.02. The number of hydrogen-bond donors (Lipinski definition) is 0. The molecule has 62 valence electrons. The molecule has 0 saturated carbocycles. The van der Waals surface area contributed by atoms with Gasteiger partial charge in [-0.2, -0.15) is 0 Å². The Kier molecular flexibility index (Phi) is 1.62. The average molecular weight is 180 g/mol. The van der Waals surface area contributed by atoms with Gasteiger partial charge in [-0.15, -0.1) is 0 Å². The summed E-state index contributed by atoms with van der Waals surface area (Å²) in [6.45, 7) is 2.02. The van der Waals surface area contributed by atoms with E-state index in [1.54, 1.807) is 0 Å². The first kappa shape index (κ1) is 7.69. The van der Waals surface area contributed by atoms with Gasteiger partial charge < -0.3 is 4.57 Å². The Morgan fingerprint density at radius 2 is 2.00 bits per heavy atom. The van der Waals surface area contributed by atoms with Crippen LogP contribution in [0.25, 0.3) is 10.9 Å². The second kappa shape index (κ2) is 2.53. The van der Waals surface area contributed by atoms with Crippen molar-refractivity contribution in [1.82, 2.24) is 4.57 Å². The molecule has 0 saturated heterocycles. The third-order valence-corrected chi connectivity index (χ3v) is 2.70. The second-order valence-corrected chi connectivity index (χ2v) is 3.43. The number of fused-ring (bicyclic) bond motifs is 1. The quantitative estimate of drug-likeness (QED) is 0.586. The predicted molar refractivity (Wildman–Crippen MR) is 52.7 cm³/mol. The Hall–Kier alpha value is -0.950. The Morgan fingerprint density at radius 3 is 2.75 bits per heavy atom. The van der Waals surface area contributed by atoms with Crippen LogP contribution in [0.4, 0.5) is 0 Å². The van der Waals surface area contributed by atoms with Crippen molar-refractivity contribution in [2.24, 2.45) is 7.05 Å². The Bertz CT molecular complexity index is 429. The van der Waals surface area contributed by atoms with Gasteiger partial charge in [-0.1, -0.05) is 17.7 Å². The summed E-state index contributed by atoms with van der Waals surface area (Å²) in [5.74, 6) is 0. The van der Waals surface area contributed by atoms with Crippen molar-refractivity contribution in [3.63, 3.8) is 0 Å². The minimum absolute atomic E-state index is 0.869. The standard InChI is InChI=1S/C10H10ClN/c1-7-3-4-9-8(10(7)11)5-6-12(9)2/h3-6H,1-2H3. The number of rotatable bonds is 0. The summed E-state index contributed by atoms with van der Waals surface area (Å²) < 4.78 is 2.07. The fraction of sp³-hybridized carbons (Fsp3) is 0.200. The molecule has 0 aliphatic heterocycles. The zero-order valence-corrected chi connectivity index (χ0v) is 7.89. The van der Waals surface area contributed by atoms with Crippen molar-refractivity contribution < 1.29 is 0 Å². The van der Waals surface area contributed by atoms with Crippen molar-refractivity contribution in [2.75, 3.05) is 0 Å². The zero-order chi connectivity index (χ0) is 8.72. The lowest BCUT2D eigenvalue weighted by molar-refractivity contribution is 0.969. The Labute approximate surface area is 76.6 Å². The van der Waals surface area contributed by atoms with Crippen LogP contribution in [0.1, 0.15) is 5.56 Å². The summed E-state index contributed by atoms with van der Waals surface area (Å²) in [5, 5.41) is 2.01. The van der Waals surface area contributed by atoms with Crippen LogP contribution in [-0.2, 0) is 7.05 Å². The highest BCUT2D eigenvalue weighted by atomic mass is 35.5. The highest BCUT2D eigenvalue weighted by Crippen LogP contribution is 2.26. The lowest BCUT2D eigenvalue weighted by Crippen LogP contribution is -1.84. The molecule has 0 spiro atoms. The molecule has 0 radical (unpaired) electrons. The minimum Gasteiger partial charge on any atom is -0.351 e. The topological polar surface area (TPSA) is 4.93 Å². The van der Waals surface area contributed by atoms with Crippen molar-refractivity contribution in [2.45, 2.75) is 6.92 Å². The van der Waals surface area contributed by atoms with Crippen molar-refractivity contribution in [1.29, 1.82) is 0 Å². The summed E-state index contributed by atoms with van der Waals surface area (Å²) in [6, 6.07) is 6.19. The average Bonchev–Trinajstić information content (AvgIpc) is 2.41. The molecule has 0 unspecified atom stereocenters. The third kappa shape index (κ3) is 0.935. The molecule has 0 bridgehead atoms. The van der Waals surface area contributed by atoms with Gasteiger partial charge in [-0.25, -0.2) is 0 Å². The zero-order valence-electron chi connectivity index (χ0n) is 7.13. The van der Waals surface area contributed by atoms with Gasteiger partial charge in [-0.3, -0.25) is 0 Å². The lowest BCUT2D eigenvalue weighted by atomic mass is 10.2. The van der Waals surface area contributed by atoms with Crippen molar-refractivity contribution >= 4 is 22.5 Å². The summed E-state index contributed by atoms with van der Waals surface area (Å²) in [4.78, 5) is 0. The highest BCUT2D eigenvalue weighted by molar-refractivity contribution is 6.36. The molecule has 0 aliphatic carbocycles. The largest absolute Gasteiger partial charge is 0.351 e. The molecule has 0 N–H and O–H groups in total. The maximum Gasteiger partial charge on any atom is 0.0529 e. The predicted octanol–water partition coefficient (Wildman–Crippen LogP) is 3.14. The molecule has 0 atom stereocenters. The van der Waals surface area contributed by atoms with Gasteiger partial charge in [-0.05, 0) is 24.6 Å². The second-order valence-electron chi connectivity index (χ2n) is 3.06. The minimum atomic E-state index is 0.869. The fourth-order valence-corrected chi connectivity index (χ4v) is 1.65. The maximum atomic E-state index is 6.13. The van der Waals surface area contributed by atoms with Gasteiger partial charge in [0.15, 0.2) is 0 Å². The number of aromatic nitrogens is 1. The summed E-state index contributed by atoms with van der Waals surface area (Å²) in [6.07, 6.45) is 2.02. The van der Waals surface area contributed by atoms with Gasteiger partial charge in [0.25, 0.3) is 0 Å². The molecule has 0 aliphatic rings. The molecule has 0 fully saturated rings. The number of aryl methyl sites for hydroxylation is 2. The summed E-state index contributed by atoms with van der Waals surface area (Å²) in [5.41, 5.74) is 2.32. The van der Waals surface area contributed by atoms with Gasteiger partial charge in [0.1, 0.15) is 0 Å². The van der Waals surface area contributed by atoms with E-state index in [0.717, 1.165) is 16.0 Å². The van der Waals surface area contributed by atoms with E-state index in [2.05, 4.69) is 10.6 Å². The summed E-state index contributed by atoms with van der Waals surface area (Å²) >= 11 is 6.13. The maximum absolute atomic E-state index is 6.13.